The van der Waals surface area contributed by atoms with Gasteiger partial charge >= 0.3 is 5.97 Å². The lowest BCUT2D eigenvalue weighted by Gasteiger charge is -2.19. The molecular formula is C24H31FN2O5S. The molecule has 1 saturated carbocycles. The molecule has 0 heterocycles. The van der Waals surface area contributed by atoms with Crippen LogP contribution in [0.15, 0.2) is 35.2 Å². The summed E-state index contributed by atoms with van der Waals surface area (Å²) in [6, 6.07) is 6.71. The Bertz CT molecular complexity index is 1110. The molecule has 2 aromatic carbocycles. The largest absolute Gasteiger partial charge is 0.495 e. The van der Waals surface area contributed by atoms with Gasteiger partial charge in [-0.15, -0.1) is 0 Å². The third-order valence-electron chi connectivity index (χ3n) is 5.99. The molecule has 0 aromatic heterocycles. The number of hydrogen-bond donors (Lipinski definition) is 2. The molecule has 33 heavy (non-hydrogen) atoms. The molecule has 1 fully saturated rings. The molecule has 1 aliphatic rings. The van der Waals surface area contributed by atoms with Crippen molar-refractivity contribution in [3.63, 3.8) is 0 Å². The van der Waals surface area contributed by atoms with E-state index in [1.807, 2.05) is 13.8 Å². The van der Waals surface area contributed by atoms with Crippen molar-refractivity contribution in [2.45, 2.75) is 50.3 Å². The van der Waals surface area contributed by atoms with Gasteiger partial charge in [0.15, 0.2) is 0 Å². The smallest absolute Gasteiger partial charge is 0.341 e. The number of hydrogen-bond acceptors (Lipinski definition) is 5. The molecule has 0 bridgehead atoms. The summed E-state index contributed by atoms with van der Waals surface area (Å²) in [5, 5.41) is 9.81. The number of carboxylic acids is 1. The van der Waals surface area contributed by atoms with E-state index in [0.717, 1.165) is 44.1 Å². The minimum Gasteiger partial charge on any atom is -0.495 e. The van der Waals surface area contributed by atoms with Crippen LogP contribution >= 0.6 is 0 Å². The minimum absolute atomic E-state index is 0.0648. The number of nitrogens with zero attached hydrogens (tertiary/aromatic N) is 1. The van der Waals surface area contributed by atoms with Crippen LogP contribution in [0.25, 0.3) is 0 Å². The highest BCUT2D eigenvalue weighted by Gasteiger charge is 2.32. The van der Waals surface area contributed by atoms with E-state index in [-0.39, 0.29) is 27.8 Å². The van der Waals surface area contributed by atoms with Gasteiger partial charge in [0.1, 0.15) is 17.1 Å². The van der Waals surface area contributed by atoms with Gasteiger partial charge in [0.25, 0.3) is 10.0 Å². The Balaban J connectivity index is 1.93. The fraction of sp³-hybridized carbons (Fsp3) is 0.458. The number of carbonyl (C=O) groups is 1. The van der Waals surface area contributed by atoms with Gasteiger partial charge in [-0.05, 0) is 86.6 Å². The average molecular weight is 479 g/mol. The van der Waals surface area contributed by atoms with E-state index in [1.165, 1.54) is 25.3 Å². The van der Waals surface area contributed by atoms with Crippen LogP contribution in [0.1, 0.15) is 60.5 Å². The lowest BCUT2D eigenvalue weighted by molar-refractivity contribution is 0.0694. The van der Waals surface area contributed by atoms with Crippen LogP contribution in [0.4, 0.5) is 10.1 Å². The van der Waals surface area contributed by atoms with Crippen molar-refractivity contribution in [2.24, 2.45) is 0 Å². The zero-order valence-corrected chi connectivity index (χ0v) is 20.0. The normalized spacial score (nSPS) is 13.8. The van der Waals surface area contributed by atoms with E-state index in [0.29, 0.717) is 18.4 Å². The third kappa shape index (κ3) is 5.83. The highest BCUT2D eigenvalue weighted by atomic mass is 32.2. The van der Waals surface area contributed by atoms with Crippen LogP contribution in [0.2, 0.25) is 0 Å². The molecule has 9 heteroatoms. The first kappa shape index (κ1) is 25.0. The predicted molar refractivity (Wildman–Crippen MR) is 125 cm³/mol. The lowest BCUT2D eigenvalue weighted by atomic mass is 10.0. The van der Waals surface area contributed by atoms with Gasteiger partial charge in [0, 0.05) is 0 Å². The van der Waals surface area contributed by atoms with Crippen molar-refractivity contribution < 1.29 is 27.4 Å². The van der Waals surface area contributed by atoms with E-state index in [1.54, 1.807) is 6.07 Å². The number of sulfonamides is 1. The summed E-state index contributed by atoms with van der Waals surface area (Å²) in [5.41, 5.74) is 0.808. The summed E-state index contributed by atoms with van der Waals surface area (Å²) < 4.78 is 48.3. The third-order valence-corrected chi connectivity index (χ3v) is 7.46. The zero-order valence-electron chi connectivity index (χ0n) is 19.2. The molecule has 3 rings (SSSR count). The van der Waals surface area contributed by atoms with Crippen LogP contribution < -0.4 is 9.46 Å². The Labute approximate surface area is 194 Å². The molecule has 0 spiro atoms. The first-order chi connectivity index (χ1) is 15.7. The lowest BCUT2D eigenvalue weighted by Crippen LogP contribution is -2.24. The van der Waals surface area contributed by atoms with Crippen LogP contribution in [0.3, 0.4) is 0 Å². The van der Waals surface area contributed by atoms with Crippen molar-refractivity contribution >= 4 is 21.7 Å². The number of nitrogens with one attached hydrogen (secondary N) is 1. The summed E-state index contributed by atoms with van der Waals surface area (Å²) >= 11 is 0. The van der Waals surface area contributed by atoms with Crippen molar-refractivity contribution in [3.05, 3.63) is 52.8 Å². The highest BCUT2D eigenvalue weighted by Crippen LogP contribution is 2.47. The van der Waals surface area contributed by atoms with Gasteiger partial charge < -0.3 is 14.7 Å². The molecule has 7 nitrogen and oxygen atoms in total. The second-order valence-electron chi connectivity index (χ2n) is 8.18. The summed E-state index contributed by atoms with van der Waals surface area (Å²) in [5.74, 6) is -1.42. The zero-order chi connectivity index (χ0) is 24.2. The molecule has 1 aliphatic carbocycles. The fourth-order valence-electron chi connectivity index (χ4n) is 4.07. The SMILES string of the molecule is CCN(CC)CCCc1cc(F)ccc1S(=O)(=O)Nc1ccc(C2CC2)c(OC)c1C(=O)O. The summed E-state index contributed by atoms with van der Waals surface area (Å²) in [6.07, 6.45) is 2.91. The van der Waals surface area contributed by atoms with E-state index < -0.39 is 21.8 Å². The van der Waals surface area contributed by atoms with E-state index >= 15 is 0 Å². The molecular weight excluding hydrogens is 447 g/mol. The van der Waals surface area contributed by atoms with Gasteiger partial charge in [-0.2, -0.15) is 0 Å². The summed E-state index contributed by atoms with van der Waals surface area (Å²) in [7, 11) is -2.80. The topological polar surface area (TPSA) is 95.9 Å². The number of halogens is 1. The Hall–Kier alpha value is -2.65. The van der Waals surface area contributed by atoms with Gasteiger partial charge in [-0.25, -0.2) is 17.6 Å². The summed E-state index contributed by atoms with van der Waals surface area (Å²) in [4.78, 5) is 14.2. The number of methoxy groups -OCH3 is 1. The molecule has 0 saturated heterocycles. The monoisotopic (exact) mass is 478 g/mol. The van der Waals surface area contributed by atoms with Crippen LogP contribution in [0, 0.1) is 5.82 Å². The van der Waals surface area contributed by atoms with Gasteiger partial charge in [0.2, 0.25) is 0 Å². The Kier molecular flexibility index (Phi) is 7.97. The number of anilines is 1. The first-order valence-electron chi connectivity index (χ1n) is 11.2. The van der Waals surface area contributed by atoms with Crippen LogP contribution in [-0.2, 0) is 16.4 Å². The summed E-state index contributed by atoms with van der Waals surface area (Å²) in [6.45, 7) is 6.62. The van der Waals surface area contributed by atoms with Crippen molar-refractivity contribution in [3.8, 4) is 5.75 Å². The Morgan fingerprint density at radius 1 is 1.21 bits per heavy atom. The quantitative estimate of drug-likeness (QED) is 0.467. The Morgan fingerprint density at radius 2 is 1.91 bits per heavy atom. The standard InChI is InChI=1S/C24H31FN2O5S/c1-4-27(5-2)14-6-7-17-15-18(25)10-13-21(17)33(30,31)26-20-12-11-19(16-8-9-16)23(32-3)22(20)24(28)29/h10-13,15-16,26H,4-9,14H2,1-3H3,(H,28,29). The Morgan fingerprint density at radius 3 is 2.48 bits per heavy atom. The van der Waals surface area contributed by atoms with E-state index in [2.05, 4.69) is 9.62 Å². The number of ether oxygens (including phenoxy) is 1. The molecule has 0 aliphatic heterocycles. The van der Waals surface area contributed by atoms with Crippen molar-refractivity contribution in [1.29, 1.82) is 0 Å². The van der Waals surface area contributed by atoms with E-state index in [9.17, 15) is 22.7 Å². The second kappa shape index (κ2) is 10.5. The second-order valence-corrected chi connectivity index (χ2v) is 9.83. The number of rotatable bonds is 12. The molecule has 0 radical (unpaired) electrons. The maximum Gasteiger partial charge on any atom is 0.341 e. The molecule has 2 N–H and O–H groups in total. The first-order valence-corrected chi connectivity index (χ1v) is 12.7. The van der Waals surface area contributed by atoms with Crippen molar-refractivity contribution in [1.82, 2.24) is 4.90 Å². The molecule has 0 unspecified atom stereocenters. The number of aromatic carboxylic acids is 1. The molecule has 180 valence electrons. The van der Waals surface area contributed by atoms with Crippen molar-refractivity contribution in [2.75, 3.05) is 31.5 Å². The number of aryl methyl sites for hydroxylation is 1. The van der Waals surface area contributed by atoms with Crippen LogP contribution in [-0.4, -0.2) is 51.1 Å². The number of carboxylic acid groups (broad SMARTS) is 1. The predicted octanol–water partition coefficient (Wildman–Crippen LogP) is 4.49. The fourth-order valence-corrected chi connectivity index (χ4v) is 5.39. The molecule has 0 amide bonds. The minimum atomic E-state index is -4.17. The highest BCUT2D eigenvalue weighted by molar-refractivity contribution is 7.92. The van der Waals surface area contributed by atoms with Gasteiger partial charge in [0.05, 0.1) is 17.7 Å². The number of benzene rings is 2. The van der Waals surface area contributed by atoms with Gasteiger partial charge in [-0.3, -0.25) is 4.72 Å². The maximum atomic E-state index is 14.0. The van der Waals surface area contributed by atoms with Gasteiger partial charge in [-0.1, -0.05) is 19.9 Å². The average Bonchev–Trinajstić information content (AvgIpc) is 3.61. The maximum absolute atomic E-state index is 14.0. The van der Waals surface area contributed by atoms with E-state index in [4.69, 9.17) is 4.74 Å². The van der Waals surface area contributed by atoms with Crippen LogP contribution in [0.5, 0.6) is 5.75 Å². The molecule has 0 atom stereocenters. The molecule has 2 aromatic rings.